The van der Waals surface area contributed by atoms with Crippen molar-refractivity contribution < 1.29 is 14.8 Å². The number of halogens is 1. The molecule has 0 aliphatic heterocycles. The number of nitro benzene ring substituents is 1. The maximum absolute atomic E-state index is 10.7. The van der Waals surface area contributed by atoms with E-state index in [0.29, 0.717) is 17.1 Å². The molecule has 104 valence electrons. The topological polar surface area (TPSA) is 72.6 Å². The van der Waals surface area contributed by atoms with Gasteiger partial charge < -0.3 is 9.84 Å². The van der Waals surface area contributed by atoms with Crippen LogP contribution in [0.1, 0.15) is 18.6 Å². The summed E-state index contributed by atoms with van der Waals surface area (Å²) in [6, 6.07) is 11.1. The van der Waals surface area contributed by atoms with Gasteiger partial charge in [0.1, 0.15) is 16.5 Å². The number of hydrogen-bond donors (Lipinski definition) is 1. The van der Waals surface area contributed by atoms with Gasteiger partial charge >= 0.3 is 0 Å². The highest BCUT2D eigenvalue weighted by atomic mass is 35.5. The maximum Gasteiger partial charge on any atom is 0.288 e. The van der Waals surface area contributed by atoms with Gasteiger partial charge in [-0.15, -0.1) is 0 Å². The van der Waals surface area contributed by atoms with Crippen molar-refractivity contribution in [3.63, 3.8) is 0 Å². The smallest absolute Gasteiger partial charge is 0.288 e. The Hall–Kier alpha value is -2.11. The average Bonchev–Trinajstić information content (AvgIpc) is 2.38. The number of nitro groups is 1. The second-order valence-corrected chi connectivity index (χ2v) is 4.59. The minimum atomic E-state index is -0.681. The number of aliphatic hydroxyl groups excluding tert-OH is 1. The van der Waals surface area contributed by atoms with E-state index in [1.165, 1.54) is 18.2 Å². The molecule has 0 aromatic heterocycles. The van der Waals surface area contributed by atoms with Crippen molar-refractivity contribution in [3.05, 3.63) is 63.2 Å². The molecule has 5 nitrogen and oxygen atoms in total. The monoisotopic (exact) mass is 293 g/mol. The lowest BCUT2D eigenvalue weighted by Crippen LogP contribution is -1.96. The van der Waals surface area contributed by atoms with Gasteiger partial charge in [0, 0.05) is 17.7 Å². The highest BCUT2D eigenvalue weighted by Crippen LogP contribution is 2.33. The van der Waals surface area contributed by atoms with Gasteiger partial charge in [-0.05, 0) is 19.1 Å². The Morgan fingerprint density at radius 2 is 2.00 bits per heavy atom. The number of rotatable bonds is 4. The van der Waals surface area contributed by atoms with Crippen LogP contribution in [-0.2, 0) is 0 Å². The molecule has 0 aliphatic rings. The van der Waals surface area contributed by atoms with Crippen molar-refractivity contribution in [2.75, 3.05) is 0 Å². The van der Waals surface area contributed by atoms with Crippen LogP contribution in [-0.4, -0.2) is 10.0 Å². The molecule has 0 bridgehead atoms. The second kappa shape index (κ2) is 5.90. The van der Waals surface area contributed by atoms with Crippen molar-refractivity contribution in [1.29, 1.82) is 0 Å². The van der Waals surface area contributed by atoms with Gasteiger partial charge in [0.15, 0.2) is 0 Å². The molecule has 6 heteroatoms. The van der Waals surface area contributed by atoms with Crippen LogP contribution >= 0.6 is 11.6 Å². The zero-order valence-corrected chi connectivity index (χ0v) is 11.4. The zero-order valence-electron chi connectivity index (χ0n) is 10.6. The quantitative estimate of drug-likeness (QED) is 0.680. The molecule has 0 unspecified atom stereocenters. The molecule has 0 heterocycles. The molecule has 1 atom stereocenters. The summed E-state index contributed by atoms with van der Waals surface area (Å²) in [7, 11) is 0. The van der Waals surface area contributed by atoms with Gasteiger partial charge in [-0.25, -0.2) is 0 Å². The van der Waals surface area contributed by atoms with Crippen LogP contribution in [0.5, 0.6) is 11.5 Å². The fraction of sp³-hybridized carbons (Fsp3) is 0.143. The molecule has 2 aromatic rings. The number of benzene rings is 2. The summed E-state index contributed by atoms with van der Waals surface area (Å²) >= 11 is 5.82. The van der Waals surface area contributed by atoms with E-state index in [0.717, 1.165) is 0 Å². The molecule has 0 radical (unpaired) electrons. The number of para-hydroxylation sites is 1. The Balaban J connectivity index is 2.31. The van der Waals surface area contributed by atoms with E-state index in [2.05, 4.69) is 0 Å². The minimum Gasteiger partial charge on any atom is -0.457 e. The largest absolute Gasteiger partial charge is 0.457 e. The van der Waals surface area contributed by atoms with Gasteiger partial charge in [-0.3, -0.25) is 10.1 Å². The summed E-state index contributed by atoms with van der Waals surface area (Å²) in [5, 5.41) is 20.3. The van der Waals surface area contributed by atoms with E-state index in [9.17, 15) is 15.2 Å². The van der Waals surface area contributed by atoms with Crippen LogP contribution in [0, 0.1) is 10.1 Å². The Morgan fingerprint density at radius 1 is 1.30 bits per heavy atom. The van der Waals surface area contributed by atoms with Crippen LogP contribution in [0.25, 0.3) is 0 Å². The molecule has 0 saturated carbocycles. The molecule has 0 saturated heterocycles. The average molecular weight is 294 g/mol. The summed E-state index contributed by atoms with van der Waals surface area (Å²) in [5.41, 5.74) is 0.449. The van der Waals surface area contributed by atoms with Crippen molar-refractivity contribution in [2.45, 2.75) is 13.0 Å². The third-order valence-electron chi connectivity index (χ3n) is 2.71. The molecular weight excluding hydrogens is 282 g/mol. The lowest BCUT2D eigenvalue weighted by Gasteiger charge is -2.13. The van der Waals surface area contributed by atoms with Crippen LogP contribution in [0.4, 0.5) is 5.69 Å². The Kier molecular flexibility index (Phi) is 4.22. The normalized spacial score (nSPS) is 11.9. The summed E-state index contributed by atoms with van der Waals surface area (Å²) in [5.74, 6) is 0.848. The second-order valence-electron chi connectivity index (χ2n) is 4.19. The van der Waals surface area contributed by atoms with E-state index >= 15 is 0 Å². The van der Waals surface area contributed by atoms with E-state index in [1.807, 2.05) is 0 Å². The first-order valence-electron chi connectivity index (χ1n) is 5.88. The molecule has 2 rings (SSSR count). The highest BCUT2D eigenvalue weighted by molar-refractivity contribution is 6.32. The summed E-state index contributed by atoms with van der Waals surface area (Å²) in [4.78, 5) is 10.1. The predicted octanol–water partition coefficient (Wildman–Crippen LogP) is 4.09. The summed E-state index contributed by atoms with van der Waals surface area (Å²) < 4.78 is 5.62. The lowest BCUT2D eigenvalue weighted by atomic mass is 10.1. The minimum absolute atomic E-state index is 0.00188. The SMILES string of the molecule is C[C@H](O)c1ccccc1Oc1ccc([N+](=O)[O-])c(Cl)c1. The van der Waals surface area contributed by atoms with Gasteiger partial charge in [-0.2, -0.15) is 0 Å². The van der Waals surface area contributed by atoms with Crippen LogP contribution in [0.15, 0.2) is 42.5 Å². The first-order chi connectivity index (χ1) is 9.49. The molecule has 2 aromatic carbocycles. The fourth-order valence-corrected chi connectivity index (χ4v) is 1.98. The number of nitrogens with zero attached hydrogens (tertiary/aromatic N) is 1. The van der Waals surface area contributed by atoms with Gasteiger partial charge in [0.05, 0.1) is 11.0 Å². The Morgan fingerprint density at radius 3 is 2.60 bits per heavy atom. The molecule has 20 heavy (non-hydrogen) atoms. The zero-order chi connectivity index (χ0) is 14.7. The molecule has 0 amide bonds. The van der Waals surface area contributed by atoms with Crippen LogP contribution in [0.2, 0.25) is 5.02 Å². The fourth-order valence-electron chi connectivity index (χ4n) is 1.74. The third kappa shape index (κ3) is 3.07. The highest BCUT2D eigenvalue weighted by Gasteiger charge is 2.14. The van der Waals surface area contributed by atoms with E-state index < -0.39 is 11.0 Å². The van der Waals surface area contributed by atoms with Crippen molar-refractivity contribution >= 4 is 17.3 Å². The van der Waals surface area contributed by atoms with Gasteiger partial charge in [0.2, 0.25) is 0 Å². The van der Waals surface area contributed by atoms with Gasteiger partial charge in [-0.1, -0.05) is 29.8 Å². The van der Waals surface area contributed by atoms with E-state index in [4.69, 9.17) is 16.3 Å². The molecular formula is C14H12ClNO4. The summed E-state index contributed by atoms with van der Waals surface area (Å²) in [6.45, 7) is 1.63. The number of hydrogen-bond acceptors (Lipinski definition) is 4. The molecule has 0 spiro atoms. The summed E-state index contributed by atoms with van der Waals surface area (Å²) in [6.07, 6.45) is -0.681. The van der Waals surface area contributed by atoms with Crippen molar-refractivity contribution in [3.8, 4) is 11.5 Å². The predicted molar refractivity (Wildman–Crippen MR) is 75.3 cm³/mol. The molecule has 0 fully saturated rings. The maximum atomic E-state index is 10.7. The Labute approximate surface area is 120 Å². The van der Waals surface area contributed by atoms with Crippen molar-refractivity contribution in [2.24, 2.45) is 0 Å². The molecule has 0 aliphatic carbocycles. The van der Waals surface area contributed by atoms with Crippen LogP contribution in [0.3, 0.4) is 0 Å². The Bertz CT molecular complexity index is 643. The standard InChI is InChI=1S/C14H12ClNO4/c1-9(17)11-4-2-3-5-14(11)20-10-6-7-13(16(18)19)12(15)8-10/h2-9,17H,1H3/t9-/m0/s1. The lowest BCUT2D eigenvalue weighted by molar-refractivity contribution is -0.384. The van der Waals surface area contributed by atoms with Crippen LogP contribution < -0.4 is 4.74 Å². The number of ether oxygens (including phenoxy) is 1. The first-order valence-corrected chi connectivity index (χ1v) is 6.25. The van der Waals surface area contributed by atoms with E-state index in [1.54, 1.807) is 31.2 Å². The third-order valence-corrected chi connectivity index (χ3v) is 3.02. The first kappa shape index (κ1) is 14.3. The van der Waals surface area contributed by atoms with Gasteiger partial charge in [0.25, 0.3) is 5.69 Å². The van der Waals surface area contributed by atoms with Crippen molar-refractivity contribution in [1.82, 2.24) is 0 Å². The molecule has 1 N–H and O–H groups in total. The number of aliphatic hydroxyl groups is 1. The van der Waals surface area contributed by atoms with E-state index in [-0.39, 0.29) is 10.7 Å².